The number of hydrogen-bond donors (Lipinski definition) is 0. The molecule has 1 aliphatic rings. The van der Waals surface area contributed by atoms with Crippen LogP contribution in [0.5, 0.6) is 5.75 Å². The Morgan fingerprint density at radius 3 is 2.44 bits per heavy atom. The van der Waals surface area contributed by atoms with Crippen LogP contribution in [0.1, 0.15) is 29.9 Å². The number of hydrogen-bond acceptors (Lipinski definition) is 8. The van der Waals surface area contributed by atoms with Crippen molar-refractivity contribution in [3.8, 4) is 5.75 Å². The molecule has 0 unspecified atom stereocenters. The molecule has 2 aromatic heterocycles. The number of thiazole rings is 1. The van der Waals surface area contributed by atoms with Crippen molar-refractivity contribution in [3.05, 3.63) is 138 Å². The zero-order chi connectivity index (χ0) is 29.9. The average Bonchev–Trinajstić information content (AvgIpc) is 3.54. The van der Waals surface area contributed by atoms with Gasteiger partial charge in [-0.1, -0.05) is 83.8 Å². The largest absolute Gasteiger partial charge is 0.497 e. The van der Waals surface area contributed by atoms with Gasteiger partial charge in [-0.15, -0.1) is 0 Å². The van der Waals surface area contributed by atoms with Crippen molar-refractivity contribution in [2.75, 3.05) is 13.7 Å². The molecule has 5 aromatic rings. The van der Waals surface area contributed by atoms with Gasteiger partial charge in [0.25, 0.3) is 5.56 Å². The van der Waals surface area contributed by atoms with Crippen molar-refractivity contribution >= 4 is 56.8 Å². The smallest absolute Gasteiger partial charge is 0.338 e. The molecule has 3 heterocycles. The molecule has 0 saturated carbocycles. The van der Waals surface area contributed by atoms with E-state index in [1.165, 1.54) is 23.1 Å². The monoisotopic (exact) mass is 672 g/mol. The molecule has 0 saturated heterocycles. The van der Waals surface area contributed by atoms with E-state index in [0.717, 1.165) is 20.5 Å². The van der Waals surface area contributed by atoms with Gasteiger partial charge >= 0.3 is 5.97 Å². The minimum atomic E-state index is -0.772. The summed E-state index contributed by atoms with van der Waals surface area (Å²) in [6.07, 6.45) is 1.71. The zero-order valence-corrected chi connectivity index (χ0v) is 26.4. The molecule has 0 N–H and O–H groups in total. The highest BCUT2D eigenvalue weighted by molar-refractivity contribution is 9.10. The van der Waals surface area contributed by atoms with Gasteiger partial charge in [0.1, 0.15) is 11.5 Å². The third-order valence-corrected chi connectivity index (χ3v) is 9.54. The van der Waals surface area contributed by atoms with Gasteiger partial charge in [-0.05, 0) is 58.7 Å². The topological polar surface area (TPSA) is 83.0 Å². The SMILES string of the molecule is CCOC(=O)C1=C(c2ccccc2)N=c2s/c(=C/c3cc(Br)c(Sc4ccccc4)o3)c(=O)n2[C@H]1c1ccc(OC)cc1. The summed E-state index contributed by atoms with van der Waals surface area (Å²) in [4.78, 5) is 34.1. The fourth-order valence-corrected chi connectivity index (χ4v) is 7.11. The predicted molar refractivity (Wildman–Crippen MR) is 171 cm³/mol. The molecule has 6 rings (SSSR count). The third-order valence-electron chi connectivity index (χ3n) is 6.71. The van der Waals surface area contributed by atoms with Crippen molar-refractivity contribution < 1.29 is 18.7 Å². The molecule has 0 radical (unpaired) electrons. The van der Waals surface area contributed by atoms with Crippen LogP contribution in [-0.4, -0.2) is 24.3 Å². The molecular formula is C33H25BrN2O5S2. The highest BCUT2D eigenvalue weighted by Crippen LogP contribution is 2.37. The van der Waals surface area contributed by atoms with Crippen LogP contribution in [-0.2, 0) is 9.53 Å². The van der Waals surface area contributed by atoms with Crippen molar-refractivity contribution in [2.24, 2.45) is 4.99 Å². The van der Waals surface area contributed by atoms with Crippen LogP contribution in [0.2, 0.25) is 0 Å². The number of carbonyl (C=O) groups excluding carboxylic acids is 1. The second-order valence-electron chi connectivity index (χ2n) is 9.40. The maximum Gasteiger partial charge on any atom is 0.338 e. The Kier molecular flexibility index (Phi) is 8.51. The van der Waals surface area contributed by atoms with Crippen molar-refractivity contribution in [1.29, 1.82) is 0 Å². The first-order valence-electron chi connectivity index (χ1n) is 13.4. The molecule has 1 aliphatic heterocycles. The number of furan rings is 1. The fraction of sp³-hybridized carbons (Fsp3) is 0.121. The summed E-state index contributed by atoms with van der Waals surface area (Å²) in [5, 5.41) is 0.678. The molecule has 3 aromatic carbocycles. The van der Waals surface area contributed by atoms with Crippen LogP contribution in [0.3, 0.4) is 0 Å². The highest BCUT2D eigenvalue weighted by atomic mass is 79.9. The average molecular weight is 674 g/mol. The fourth-order valence-electron chi connectivity index (χ4n) is 4.78. The molecule has 0 amide bonds. The van der Waals surface area contributed by atoms with E-state index in [-0.39, 0.29) is 12.2 Å². The summed E-state index contributed by atoms with van der Waals surface area (Å²) in [6, 6.07) is 27.7. The molecule has 10 heteroatoms. The summed E-state index contributed by atoms with van der Waals surface area (Å²) in [5.41, 5.74) is 1.94. The molecule has 7 nitrogen and oxygen atoms in total. The Morgan fingerprint density at radius 1 is 1.07 bits per heavy atom. The highest BCUT2D eigenvalue weighted by Gasteiger charge is 2.35. The van der Waals surface area contributed by atoms with Crippen molar-refractivity contribution in [2.45, 2.75) is 23.0 Å². The molecular weight excluding hydrogens is 648 g/mol. The normalized spacial score (nSPS) is 14.8. The number of esters is 1. The van der Waals surface area contributed by atoms with Crippen LogP contribution in [0.15, 0.2) is 125 Å². The second-order valence-corrected chi connectivity index (χ2v) is 12.3. The summed E-state index contributed by atoms with van der Waals surface area (Å²) < 4.78 is 19.8. The number of aromatic nitrogens is 1. The molecule has 1 atom stereocenters. The van der Waals surface area contributed by atoms with Gasteiger partial charge in [0, 0.05) is 16.5 Å². The van der Waals surface area contributed by atoms with Crippen LogP contribution in [0.4, 0.5) is 0 Å². The summed E-state index contributed by atoms with van der Waals surface area (Å²) in [5.74, 6) is 0.649. The Labute approximate surface area is 263 Å². The number of fused-ring (bicyclic) bond motifs is 1. The molecule has 0 spiro atoms. The standard InChI is InChI=1S/C33H25BrN2O5S2/c1-3-40-31(38)27-28(20-10-6-4-7-11-20)35-33-36(29(27)21-14-16-22(39-2)17-15-21)30(37)26(43-33)19-23-18-25(34)32(41-23)42-24-12-8-5-9-13-24/h4-19,29H,3H2,1-2H3/b26-19+/t29-/m0/s1. The first-order chi connectivity index (χ1) is 21.0. The van der Waals surface area contributed by atoms with Gasteiger partial charge in [0.2, 0.25) is 0 Å². The Hall–Kier alpha value is -4.12. The van der Waals surface area contributed by atoms with E-state index in [4.69, 9.17) is 18.9 Å². The van der Waals surface area contributed by atoms with Crippen molar-refractivity contribution in [1.82, 2.24) is 4.57 Å². The minimum absolute atomic E-state index is 0.181. The molecule has 0 bridgehead atoms. The number of nitrogens with zero attached hydrogens (tertiary/aromatic N) is 2. The number of benzene rings is 3. The Balaban J connectivity index is 1.53. The molecule has 0 fully saturated rings. The maximum absolute atomic E-state index is 14.1. The number of rotatable bonds is 8. The lowest BCUT2D eigenvalue weighted by Gasteiger charge is -2.26. The maximum atomic E-state index is 14.1. The summed E-state index contributed by atoms with van der Waals surface area (Å²) in [6.45, 7) is 1.94. The molecule has 216 valence electrons. The van der Waals surface area contributed by atoms with Crippen LogP contribution in [0.25, 0.3) is 11.8 Å². The predicted octanol–water partition coefficient (Wildman–Crippen LogP) is 6.45. The van der Waals surface area contributed by atoms with Gasteiger partial charge in [-0.3, -0.25) is 9.36 Å². The number of ether oxygens (including phenoxy) is 2. The van der Waals surface area contributed by atoms with E-state index in [2.05, 4.69) is 15.9 Å². The van der Waals surface area contributed by atoms with Crippen molar-refractivity contribution in [3.63, 3.8) is 0 Å². The Bertz CT molecular complexity index is 2000. The third kappa shape index (κ3) is 5.90. The van der Waals surface area contributed by atoms with E-state index in [0.29, 0.717) is 37.2 Å². The lowest BCUT2D eigenvalue weighted by Crippen LogP contribution is -2.40. The number of methoxy groups -OCH3 is 1. The lowest BCUT2D eigenvalue weighted by molar-refractivity contribution is -0.138. The Morgan fingerprint density at radius 2 is 1.77 bits per heavy atom. The number of halogens is 1. The van der Waals surface area contributed by atoms with E-state index in [1.54, 1.807) is 24.7 Å². The first kappa shape index (κ1) is 29.0. The van der Waals surface area contributed by atoms with E-state index >= 15 is 0 Å². The molecule has 43 heavy (non-hydrogen) atoms. The summed E-state index contributed by atoms with van der Waals surface area (Å²) in [7, 11) is 1.59. The van der Waals surface area contributed by atoms with E-state index in [9.17, 15) is 9.59 Å². The van der Waals surface area contributed by atoms with Gasteiger partial charge in [0.15, 0.2) is 9.89 Å². The second kappa shape index (κ2) is 12.6. The van der Waals surface area contributed by atoms with Gasteiger partial charge in [-0.2, -0.15) is 0 Å². The van der Waals surface area contributed by atoms with Crippen LogP contribution < -0.4 is 19.6 Å². The summed E-state index contributed by atoms with van der Waals surface area (Å²) >= 11 is 6.31. The molecule has 0 aliphatic carbocycles. The minimum Gasteiger partial charge on any atom is -0.497 e. The van der Waals surface area contributed by atoms with Gasteiger partial charge in [-0.25, -0.2) is 9.79 Å². The quantitative estimate of drug-likeness (QED) is 0.176. The lowest BCUT2D eigenvalue weighted by atomic mass is 9.93. The van der Waals surface area contributed by atoms with E-state index < -0.39 is 12.0 Å². The van der Waals surface area contributed by atoms with Crippen LogP contribution in [0, 0.1) is 0 Å². The first-order valence-corrected chi connectivity index (χ1v) is 15.8. The van der Waals surface area contributed by atoms with Gasteiger partial charge in [0.05, 0.1) is 40.0 Å². The number of carbonyl (C=O) groups is 1. The van der Waals surface area contributed by atoms with Crippen LogP contribution >= 0.6 is 39.0 Å². The van der Waals surface area contributed by atoms with Gasteiger partial charge < -0.3 is 13.9 Å². The zero-order valence-electron chi connectivity index (χ0n) is 23.2. The van der Waals surface area contributed by atoms with E-state index in [1.807, 2.05) is 91.0 Å².